The summed E-state index contributed by atoms with van der Waals surface area (Å²) < 4.78 is 0. The molecule has 0 spiro atoms. The lowest BCUT2D eigenvalue weighted by molar-refractivity contribution is 0.424. The molecule has 0 saturated heterocycles. The van der Waals surface area contributed by atoms with Gasteiger partial charge < -0.3 is 5.32 Å². The Morgan fingerprint density at radius 2 is 2.07 bits per heavy atom. The van der Waals surface area contributed by atoms with Gasteiger partial charge in [0.15, 0.2) is 0 Å². The molecule has 0 aromatic carbocycles. The second-order valence-corrected chi connectivity index (χ2v) is 4.81. The maximum atomic E-state index is 3.60. The van der Waals surface area contributed by atoms with Crippen molar-refractivity contribution in [3.8, 4) is 0 Å². The molecule has 1 heterocycles. The van der Waals surface area contributed by atoms with Crippen LogP contribution in [-0.4, -0.2) is 6.54 Å². The van der Waals surface area contributed by atoms with E-state index in [0.717, 1.165) is 12.5 Å². The number of thiophene rings is 1. The van der Waals surface area contributed by atoms with Crippen LogP contribution in [-0.2, 0) is 0 Å². The van der Waals surface area contributed by atoms with E-state index in [1.807, 2.05) is 11.3 Å². The van der Waals surface area contributed by atoms with E-state index in [9.17, 15) is 0 Å². The minimum absolute atomic E-state index is 0.510. The SMILES string of the molecule is CCC(CC)CNC(C)c1cccs1. The predicted molar refractivity (Wildman–Crippen MR) is 64.8 cm³/mol. The van der Waals surface area contributed by atoms with E-state index < -0.39 is 0 Å². The molecular weight excluding hydrogens is 190 g/mol. The zero-order chi connectivity index (χ0) is 10.4. The first-order valence-electron chi connectivity index (χ1n) is 5.54. The Hall–Kier alpha value is -0.340. The van der Waals surface area contributed by atoms with Crippen molar-refractivity contribution >= 4 is 11.3 Å². The van der Waals surface area contributed by atoms with Gasteiger partial charge in [0.05, 0.1) is 0 Å². The van der Waals surface area contributed by atoms with Crippen molar-refractivity contribution in [1.82, 2.24) is 5.32 Å². The average molecular weight is 211 g/mol. The van der Waals surface area contributed by atoms with Crippen LogP contribution in [0.1, 0.15) is 44.5 Å². The van der Waals surface area contributed by atoms with E-state index in [-0.39, 0.29) is 0 Å². The van der Waals surface area contributed by atoms with Crippen LogP contribution in [0.15, 0.2) is 17.5 Å². The van der Waals surface area contributed by atoms with Gasteiger partial charge in [0.25, 0.3) is 0 Å². The third kappa shape index (κ3) is 3.43. The van der Waals surface area contributed by atoms with E-state index in [0.29, 0.717) is 6.04 Å². The molecular formula is C12H21NS. The highest BCUT2D eigenvalue weighted by Crippen LogP contribution is 2.18. The molecule has 1 aromatic rings. The molecule has 2 heteroatoms. The Balaban J connectivity index is 2.31. The van der Waals surface area contributed by atoms with Gasteiger partial charge in [-0.3, -0.25) is 0 Å². The Morgan fingerprint density at radius 3 is 2.57 bits per heavy atom. The van der Waals surface area contributed by atoms with Crippen LogP contribution >= 0.6 is 11.3 Å². The topological polar surface area (TPSA) is 12.0 Å². The maximum absolute atomic E-state index is 3.60. The minimum atomic E-state index is 0.510. The average Bonchev–Trinajstić information content (AvgIpc) is 2.72. The van der Waals surface area contributed by atoms with Crippen LogP contribution in [0, 0.1) is 5.92 Å². The van der Waals surface area contributed by atoms with Crippen molar-refractivity contribution in [1.29, 1.82) is 0 Å². The molecule has 0 radical (unpaired) electrons. The smallest absolute Gasteiger partial charge is 0.0386 e. The normalized spacial score (nSPS) is 13.4. The summed E-state index contributed by atoms with van der Waals surface area (Å²) >= 11 is 1.84. The lowest BCUT2D eigenvalue weighted by Crippen LogP contribution is -2.24. The van der Waals surface area contributed by atoms with E-state index in [1.54, 1.807) is 0 Å². The number of hydrogen-bond donors (Lipinski definition) is 1. The molecule has 0 saturated carbocycles. The Kier molecular flexibility index (Phi) is 5.20. The lowest BCUT2D eigenvalue weighted by atomic mass is 10.0. The summed E-state index contributed by atoms with van der Waals surface area (Å²) in [5.74, 6) is 0.831. The largest absolute Gasteiger partial charge is 0.309 e. The zero-order valence-electron chi connectivity index (χ0n) is 9.42. The van der Waals surface area contributed by atoms with Crippen LogP contribution in [0.3, 0.4) is 0 Å². The summed E-state index contributed by atoms with van der Waals surface area (Å²) in [5.41, 5.74) is 0. The Bertz CT molecular complexity index is 226. The fourth-order valence-electron chi connectivity index (χ4n) is 1.56. The van der Waals surface area contributed by atoms with Crippen LogP contribution in [0.4, 0.5) is 0 Å². The number of hydrogen-bond acceptors (Lipinski definition) is 2. The molecule has 0 amide bonds. The van der Waals surface area contributed by atoms with Gasteiger partial charge >= 0.3 is 0 Å². The molecule has 14 heavy (non-hydrogen) atoms. The van der Waals surface area contributed by atoms with Crippen molar-refractivity contribution in [3.63, 3.8) is 0 Å². The summed E-state index contributed by atoms with van der Waals surface area (Å²) in [6.07, 6.45) is 2.56. The van der Waals surface area contributed by atoms with Gasteiger partial charge in [-0.15, -0.1) is 11.3 Å². The van der Waals surface area contributed by atoms with E-state index in [1.165, 1.54) is 17.7 Å². The monoisotopic (exact) mass is 211 g/mol. The van der Waals surface area contributed by atoms with Crippen LogP contribution in [0.25, 0.3) is 0 Å². The molecule has 1 unspecified atom stereocenters. The summed E-state index contributed by atoms with van der Waals surface area (Å²) in [4.78, 5) is 1.44. The zero-order valence-corrected chi connectivity index (χ0v) is 10.2. The third-order valence-electron chi connectivity index (χ3n) is 2.84. The minimum Gasteiger partial charge on any atom is -0.309 e. The lowest BCUT2D eigenvalue weighted by Gasteiger charge is -2.17. The summed E-state index contributed by atoms with van der Waals surface area (Å²) in [7, 11) is 0. The first-order chi connectivity index (χ1) is 6.77. The van der Waals surface area contributed by atoms with E-state index in [2.05, 4.69) is 43.6 Å². The van der Waals surface area contributed by atoms with Gasteiger partial charge in [0.2, 0.25) is 0 Å². The number of nitrogens with one attached hydrogen (secondary N) is 1. The second kappa shape index (κ2) is 6.20. The van der Waals surface area contributed by atoms with Crippen molar-refractivity contribution < 1.29 is 0 Å². The maximum Gasteiger partial charge on any atom is 0.0386 e. The molecule has 0 aliphatic heterocycles. The van der Waals surface area contributed by atoms with Gasteiger partial charge in [-0.2, -0.15) is 0 Å². The van der Waals surface area contributed by atoms with Crippen molar-refractivity contribution in [2.45, 2.75) is 39.7 Å². The summed E-state index contributed by atoms with van der Waals surface area (Å²) in [5, 5.41) is 5.74. The summed E-state index contributed by atoms with van der Waals surface area (Å²) in [6.45, 7) is 7.93. The van der Waals surface area contributed by atoms with Gasteiger partial charge in [0, 0.05) is 10.9 Å². The van der Waals surface area contributed by atoms with Crippen LogP contribution < -0.4 is 5.32 Å². The van der Waals surface area contributed by atoms with Crippen molar-refractivity contribution in [2.24, 2.45) is 5.92 Å². The van der Waals surface area contributed by atoms with Gasteiger partial charge in [0.1, 0.15) is 0 Å². The highest BCUT2D eigenvalue weighted by molar-refractivity contribution is 7.10. The first kappa shape index (κ1) is 11.7. The standard InChI is InChI=1S/C12H21NS/c1-4-11(5-2)9-13-10(3)12-7-6-8-14-12/h6-8,10-11,13H,4-5,9H2,1-3H3. The molecule has 1 atom stereocenters. The molecule has 1 nitrogen and oxygen atoms in total. The third-order valence-corrected chi connectivity index (χ3v) is 3.89. The van der Waals surface area contributed by atoms with E-state index in [4.69, 9.17) is 0 Å². The molecule has 0 aliphatic rings. The summed E-state index contributed by atoms with van der Waals surface area (Å²) in [6, 6.07) is 4.83. The van der Waals surface area contributed by atoms with Crippen molar-refractivity contribution in [2.75, 3.05) is 6.54 Å². The van der Waals surface area contributed by atoms with E-state index >= 15 is 0 Å². The molecule has 80 valence electrons. The van der Waals surface area contributed by atoms with Gasteiger partial charge in [-0.25, -0.2) is 0 Å². The van der Waals surface area contributed by atoms with Gasteiger partial charge in [-0.1, -0.05) is 32.8 Å². The molecule has 1 N–H and O–H groups in total. The first-order valence-corrected chi connectivity index (χ1v) is 6.42. The highest BCUT2D eigenvalue weighted by Gasteiger charge is 2.08. The van der Waals surface area contributed by atoms with Crippen LogP contribution in [0.2, 0.25) is 0 Å². The highest BCUT2D eigenvalue weighted by atomic mass is 32.1. The van der Waals surface area contributed by atoms with Crippen molar-refractivity contribution in [3.05, 3.63) is 22.4 Å². The predicted octanol–water partition coefficient (Wildman–Crippen LogP) is 3.83. The molecule has 1 aromatic heterocycles. The quantitative estimate of drug-likeness (QED) is 0.754. The van der Waals surface area contributed by atoms with Crippen LogP contribution in [0.5, 0.6) is 0 Å². The molecule has 1 rings (SSSR count). The number of rotatable bonds is 6. The second-order valence-electron chi connectivity index (χ2n) is 3.83. The Morgan fingerprint density at radius 1 is 1.36 bits per heavy atom. The molecule has 0 bridgehead atoms. The fraction of sp³-hybridized carbons (Fsp3) is 0.667. The fourth-order valence-corrected chi connectivity index (χ4v) is 2.32. The molecule has 0 fully saturated rings. The Labute approximate surface area is 91.5 Å². The van der Waals surface area contributed by atoms with Gasteiger partial charge in [-0.05, 0) is 30.8 Å². The molecule has 0 aliphatic carbocycles.